The van der Waals surface area contributed by atoms with Crippen LogP contribution >= 0.6 is 11.6 Å². The molecular weight excluding hydrogens is 448 g/mol. The Kier molecular flexibility index (Phi) is 7.72. The molecule has 6 nitrogen and oxygen atoms in total. The Morgan fingerprint density at radius 1 is 1.16 bits per heavy atom. The van der Waals surface area contributed by atoms with Gasteiger partial charge in [0, 0.05) is 5.02 Å². The van der Waals surface area contributed by atoms with Crippen LogP contribution in [0.1, 0.15) is 55.8 Å². The van der Waals surface area contributed by atoms with Gasteiger partial charge in [-0.25, -0.2) is 8.42 Å². The number of fused-ring (bicyclic) bond motifs is 1. The zero-order valence-corrected chi connectivity index (χ0v) is 20.6. The number of halogens is 1. The number of hydrogen-bond acceptors (Lipinski definition) is 4. The smallest absolute Gasteiger partial charge is 0.244 e. The highest BCUT2D eigenvalue weighted by molar-refractivity contribution is 7.92. The molecule has 0 unspecified atom stereocenters. The first-order chi connectivity index (χ1) is 15.2. The van der Waals surface area contributed by atoms with Gasteiger partial charge in [0.2, 0.25) is 15.9 Å². The van der Waals surface area contributed by atoms with E-state index in [1.165, 1.54) is 37.1 Å². The van der Waals surface area contributed by atoms with Crippen molar-refractivity contribution in [3.8, 4) is 5.75 Å². The lowest BCUT2D eigenvalue weighted by Gasteiger charge is -2.32. The fourth-order valence-electron chi connectivity index (χ4n) is 4.29. The van der Waals surface area contributed by atoms with Gasteiger partial charge in [-0.05, 0) is 73.9 Å². The summed E-state index contributed by atoms with van der Waals surface area (Å²) in [7, 11) is -2.35. The highest BCUT2D eigenvalue weighted by atomic mass is 35.5. The number of hydrogen-bond donors (Lipinski definition) is 1. The molecule has 2 aromatic rings. The van der Waals surface area contributed by atoms with Crippen LogP contribution in [0.4, 0.5) is 5.69 Å². The minimum atomic E-state index is -3.80. The molecule has 2 atom stereocenters. The number of nitrogens with one attached hydrogen (secondary N) is 1. The van der Waals surface area contributed by atoms with E-state index in [2.05, 4.69) is 17.4 Å². The van der Waals surface area contributed by atoms with E-state index in [0.29, 0.717) is 10.8 Å². The summed E-state index contributed by atoms with van der Waals surface area (Å²) in [5.41, 5.74) is 3.97. The van der Waals surface area contributed by atoms with E-state index in [1.807, 2.05) is 13.0 Å². The van der Waals surface area contributed by atoms with E-state index in [4.69, 9.17) is 16.3 Å². The maximum absolute atomic E-state index is 13.3. The summed E-state index contributed by atoms with van der Waals surface area (Å²) in [5.74, 6) is -0.0426. The number of benzene rings is 2. The van der Waals surface area contributed by atoms with E-state index in [0.717, 1.165) is 29.0 Å². The van der Waals surface area contributed by atoms with Crippen LogP contribution in [0.25, 0.3) is 0 Å². The Labute approximate surface area is 196 Å². The zero-order chi connectivity index (χ0) is 23.5. The first kappa shape index (κ1) is 24.4. The van der Waals surface area contributed by atoms with Gasteiger partial charge in [-0.3, -0.25) is 9.10 Å². The number of carbonyl (C=O) groups is 1. The number of nitrogens with zero attached hydrogens (tertiary/aromatic N) is 1. The number of methoxy groups -OCH3 is 1. The van der Waals surface area contributed by atoms with Gasteiger partial charge in [0.25, 0.3) is 0 Å². The van der Waals surface area contributed by atoms with Gasteiger partial charge in [0.15, 0.2) is 0 Å². The lowest BCUT2D eigenvalue weighted by molar-refractivity contribution is -0.122. The summed E-state index contributed by atoms with van der Waals surface area (Å²) < 4.78 is 32.0. The van der Waals surface area contributed by atoms with Crippen LogP contribution in [0, 0.1) is 0 Å². The van der Waals surface area contributed by atoms with E-state index < -0.39 is 16.1 Å². The van der Waals surface area contributed by atoms with Gasteiger partial charge in [-0.1, -0.05) is 36.7 Å². The quantitative estimate of drug-likeness (QED) is 0.599. The summed E-state index contributed by atoms with van der Waals surface area (Å²) in [6.07, 6.45) is 5.91. The topological polar surface area (TPSA) is 75.7 Å². The number of carbonyl (C=O) groups excluding carboxylic acids is 1. The van der Waals surface area contributed by atoms with E-state index in [1.54, 1.807) is 19.1 Å². The second-order valence-electron chi connectivity index (χ2n) is 8.26. The second-order valence-corrected chi connectivity index (χ2v) is 10.6. The Bertz CT molecular complexity index is 1090. The van der Waals surface area contributed by atoms with Gasteiger partial charge >= 0.3 is 0 Å². The second kappa shape index (κ2) is 10.1. The van der Waals surface area contributed by atoms with Crippen LogP contribution < -0.4 is 14.4 Å². The Morgan fingerprint density at radius 2 is 1.84 bits per heavy atom. The van der Waals surface area contributed by atoms with E-state index >= 15 is 0 Å². The maximum Gasteiger partial charge on any atom is 0.244 e. The van der Waals surface area contributed by atoms with Crippen molar-refractivity contribution in [2.24, 2.45) is 0 Å². The summed E-state index contributed by atoms with van der Waals surface area (Å²) in [5, 5.41) is 3.36. The third-order valence-electron chi connectivity index (χ3n) is 5.94. The summed E-state index contributed by atoms with van der Waals surface area (Å²) in [6, 6.07) is 9.86. The number of aryl methyl sites for hydroxylation is 2. The zero-order valence-electron chi connectivity index (χ0n) is 19.0. The SMILES string of the molecule is CC[C@@H](C(=O)N[C@H](C)c1ccc2c(c1)CCCC2)N(c1cc(Cl)ccc1OC)S(C)(=O)=O. The molecule has 1 amide bonds. The lowest BCUT2D eigenvalue weighted by atomic mass is 9.89. The monoisotopic (exact) mass is 478 g/mol. The average Bonchev–Trinajstić information content (AvgIpc) is 2.75. The van der Waals surface area contributed by atoms with Crippen molar-refractivity contribution in [1.82, 2.24) is 5.32 Å². The van der Waals surface area contributed by atoms with Crippen molar-refractivity contribution in [3.05, 3.63) is 58.1 Å². The van der Waals surface area contributed by atoms with Gasteiger partial charge in [-0.15, -0.1) is 0 Å². The van der Waals surface area contributed by atoms with Crippen molar-refractivity contribution in [3.63, 3.8) is 0 Å². The standard InChI is InChI=1S/C24H31ClN2O4S/c1-5-21(27(32(4,29)30)22-15-20(25)12-13-23(22)31-3)24(28)26-16(2)18-11-10-17-8-6-7-9-19(17)14-18/h10-16,21H,5-9H2,1-4H3,(H,26,28)/t16-,21+/m1/s1. The van der Waals surface area contributed by atoms with Crippen LogP contribution in [-0.2, 0) is 27.7 Å². The number of ether oxygens (including phenoxy) is 1. The molecule has 174 valence electrons. The molecule has 0 spiro atoms. The number of rotatable bonds is 8. The molecule has 0 fully saturated rings. The molecule has 0 bridgehead atoms. The van der Waals surface area contributed by atoms with Crippen molar-refractivity contribution in [2.45, 2.75) is 58.0 Å². The molecule has 0 radical (unpaired) electrons. The fraction of sp³-hybridized carbons (Fsp3) is 0.458. The maximum atomic E-state index is 13.3. The van der Waals surface area contributed by atoms with Gasteiger partial charge in [0.05, 0.1) is 25.1 Å². The van der Waals surface area contributed by atoms with Crippen molar-refractivity contribution in [1.29, 1.82) is 0 Å². The number of anilines is 1. The van der Waals surface area contributed by atoms with Gasteiger partial charge in [0.1, 0.15) is 11.8 Å². The van der Waals surface area contributed by atoms with Gasteiger partial charge < -0.3 is 10.1 Å². The molecule has 1 N–H and O–H groups in total. The highest BCUT2D eigenvalue weighted by Gasteiger charge is 2.34. The molecule has 0 saturated carbocycles. The molecule has 0 aromatic heterocycles. The molecule has 3 rings (SSSR count). The third-order valence-corrected chi connectivity index (χ3v) is 7.34. The summed E-state index contributed by atoms with van der Waals surface area (Å²) >= 11 is 6.14. The van der Waals surface area contributed by atoms with Crippen LogP contribution in [0.2, 0.25) is 5.02 Å². The molecule has 1 aliphatic rings. The predicted molar refractivity (Wildman–Crippen MR) is 129 cm³/mol. The molecular formula is C24H31ClN2O4S. The van der Waals surface area contributed by atoms with Gasteiger partial charge in [-0.2, -0.15) is 0 Å². The molecule has 8 heteroatoms. The normalized spacial score (nSPS) is 15.4. The number of amides is 1. The van der Waals surface area contributed by atoms with E-state index in [9.17, 15) is 13.2 Å². The van der Waals surface area contributed by atoms with Crippen molar-refractivity contribution in [2.75, 3.05) is 17.7 Å². The minimum Gasteiger partial charge on any atom is -0.495 e. The molecule has 0 heterocycles. The predicted octanol–water partition coefficient (Wildman–Crippen LogP) is 4.65. The van der Waals surface area contributed by atoms with Crippen LogP contribution in [-0.4, -0.2) is 33.7 Å². The fourth-order valence-corrected chi connectivity index (χ4v) is 5.66. The van der Waals surface area contributed by atoms with Crippen LogP contribution in [0.3, 0.4) is 0 Å². The molecule has 2 aromatic carbocycles. The summed E-state index contributed by atoms with van der Waals surface area (Å²) in [6.45, 7) is 3.70. The lowest BCUT2D eigenvalue weighted by Crippen LogP contribution is -2.49. The summed E-state index contributed by atoms with van der Waals surface area (Å²) in [4.78, 5) is 13.3. The third kappa shape index (κ3) is 5.38. The van der Waals surface area contributed by atoms with Crippen LogP contribution in [0.15, 0.2) is 36.4 Å². The van der Waals surface area contributed by atoms with E-state index in [-0.39, 0.29) is 24.1 Å². The highest BCUT2D eigenvalue weighted by Crippen LogP contribution is 2.35. The Morgan fingerprint density at radius 3 is 2.47 bits per heavy atom. The number of sulfonamides is 1. The minimum absolute atomic E-state index is 0.242. The van der Waals surface area contributed by atoms with Crippen molar-refractivity contribution >= 4 is 33.2 Å². The molecule has 1 aliphatic carbocycles. The molecule has 0 aliphatic heterocycles. The molecule has 32 heavy (non-hydrogen) atoms. The van der Waals surface area contributed by atoms with Crippen LogP contribution in [0.5, 0.6) is 5.75 Å². The van der Waals surface area contributed by atoms with Crippen molar-refractivity contribution < 1.29 is 17.9 Å². The average molecular weight is 479 g/mol. The largest absolute Gasteiger partial charge is 0.495 e. The first-order valence-corrected chi connectivity index (χ1v) is 13.1. The molecule has 0 saturated heterocycles. The Balaban J connectivity index is 1.89. The first-order valence-electron chi connectivity index (χ1n) is 10.9. The Hall–Kier alpha value is -2.25.